The summed E-state index contributed by atoms with van der Waals surface area (Å²) in [5.41, 5.74) is 0.852. The number of aryl methyl sites for hydroxylation is 1. The minimum atomic E-state index is -0.574. The van der Waals surface area contributed by atoms with E-state index in [1.54, 1.807) is 28.9 Å². The van der Waals surface area contributed by atoms with Crippen LogP contribution in [0.15, 0.2) is 36.5 Å². The molecule has 2 rings (SSSR count). The second-order valence-corrected chi connectivity index (χ2v) is 4.54. The van der Waals surface area contributed by atoms with Gasteiger partial charge in [-0.3, -0.25) is 4.68 Å². The number of hydrogen-bond donors (Lipinski definition) is 1. The molecule has 0 aliphatic carbocycles. The zero-order valence-corrected chi connectivity index (χ0v) is 10.8. The molecule has 4 nitrogen and oxygen atoms in total. The summed E-state index contributed by atoms with van der Waals surface area (Å²) >= 11 is 5.77. The quantitative estimate of drug-likeness (QED) is 0.901. The van der Waals surface area contributed by atoms with Crippen LogP contribution in [0.1, 0.15) is 5.69 Å². The van der Waals surface area contributed by atoms with Crippen molar-refractivity contribution in [2.75, 3.05) is 6.61 Å². The third-order valence-electron chi connectivity index (χ3n) is 2.47. The van der Waals surface area contributed by atoms with Crippen LogP contribution in [0.4, 0.5) is 0 Å². The van der Waals surface area contributed by atoms with E-state index >= 15 is 0 Å². The average Bonchev–Trinajstić information content (AvgIpc) is 2.74. The molecule has 1 aromatic carbocycles. The van der Waals surface area contributed by atoms with Gasteiger partial charge in [-0.25, -0.2) is 0 Å². The van der Waals surface area contributed by atoms with E-state index in [1.807, 2.05) is 19.3 Å². The van der Waals surface area contributed by atoms with Crippen molar-refractivity contribution in [3.63, 3.8) is 0 Å². The van der Waals surface area contributed by atoms with Gasteiger partial charge in [-0.15, -0.1) is 0 Å². The van der Waals surface area contributed by atoms with Gasteiger partial charge >= 0.3 is 0 Å². The molecular formula is C13H15ClN2O2. The Kier molecular flexibility index (Phi) is 4.23. The fourth-order valence-electron chi connectivity index (χ4n) is 1.60. The van der Waals surface area contributed by atoms with Crippen molar-refractivity contribution in [1.29, 1.82) is 0 Å². The van der Waals surface area contributed by atoms with Gasteiger partial charge in [0, 0.05) is 24.7 Å². The zero-order chi connectivity index (χ0) is 13.0. The van der Waals surface area contributed by atoms with Crippen LogP contribution in [0.5, 0.6) is 5.75 Å². The van der Waals surface area contributed by atoms with Gasteiger partial charge in [-0.05, 0) is 30.3 Å². The van der Waals surface area contributed by atoms with Gasteiger partial charge in [0.1, 0.15) is 12.4 Å². The highest BCUT2D eigenvalue weighted by Crippen LogP contribution is 2.15. The van der Waals surface area contributed by atoms with Gasteiger partial charge in [0.2, 0.25) is 0 Å². The topological polar surface area (TPSA) is 47.3 Å². The molecule has 5 heteroatoms. The number of rotatable bonds is 5. The Bertz CT molecular complexity index is 496. The van der Waals surface area contributed by atoms with E-state index in [0.717, 1.165) is 5.69 Å². The minimum absolute atomic E-state index is 0.234. The molecule has 1 heterocycles. The summed E-state index contributed by atoms with van der Waals surface area (Å²) in [4.78, 5) is 0. The van der Waals surface area contributed by atoms with Gasteiger partial charge in [-0.1, -0.05) is 11.6 Å². The molecule has 0 saturated carbocycles. The summed E-state index contributed by atoms with van der Waals surface area (Å²) in [6.07, 6.45) is 1.76. The smallest absolute Gasteiger partial charge is 0.119 e. The summed E-state index contributed by atoms with van der Waals surface area (Å²) in [7, 11) is 1.85. The summed E-state index contributed by atoms with van der Waals surface area (Å²) in [5, 5.41) is 14.7. The van der Waals surface area contributed by atoms with Crippen LogP contribution in [0.2, 0.25) is 5.02 Å². The van der Waals surface area contributed by atoms with E-state index in [2.05, 4.69) is 5.10 Å². The molecule has 0 aliphatic rings. The minimum Gasteiger partial charge on any atom is -0.491 e. The number of aromatic nitrogens is 2. The van der Waals surface area contributed by atoms with Crippen molar-refractivity contribution in [1.82, 2.24) is 9.78 Å². The molecule has 96 valence electrons. The van der Waals surface area contributed by atoms with Crippen LogP contribution in [-0.4, -0.2) is 27.6 Å². The van der Waals surface area contributed by atoms with Crippen molar-refractivity contribution in [3.05, 3.63) is 47.2 Å². The zero-order valence-electron chi connectivity index (χ0n) is 10.1. The van der Waals surface area contributed by atoms with Crippen LogP contribution in [0, 0.1) is 0 Å². The molecule has 0 fully saturated rings. The fraction of sp³-hybridized carbons (Fsp3) is 0.308. The maximum Gasteiger partial charge on any atom is 0.119 e. The van der Waals surface area contributed by atoms with E-state index in [4.69, 9.17) is 16.3 Å². The molecule has 0 spiro atoms. The molecule has 0 aliphatic heterocycles. The van der Waals surface area contributed by atoms with E-state index in [1.165, 1.54) is 0 Å². The molecule has 1 N–H and O–H groups in total. The second kappa shape index (κ2) is 5.89. The molecule has 0 radical (unpaired) electrons. The van der Waals surface area contributed by atoms with Gasteiger partial charge < -0.3 is 9.84 Å². The molecule has 1 aromatic heterocycles. The number of halogens is 1. The summed E-state index contributed by atoms with van der Waals surface area (Å²) in [6, 6.07) is 8.93. The first-order valence-corrected chi connectivity index (χ1v) is 6.06. The maximum absolute atomic E-state index is 9.83. The van der Waals surface area contributed by atoms with Gasteiger partial charge in [-0.2, -0.15) is 5.10 Å². The van der Waals surface area contributed by atoms with Crippen molar-refractivity contribution in [2.24, 2.45) is 7.05 Å². The Labute approximate surface area is 111 Å². The van der Waals surface area contributed by atoms with Gasteiger partial charge in [0.05, 0.1) is 11.8 Å². The molecular weight excluding hydrogens is 252 g/mol. The van der Waals surface area contributed by atoms with Crippen LogP contribution in [0.3, 0.4) is 0 Å². The van der Waals surface area contributed by atoms with Gasteiger partial charge in [0.25, 0.3) is 0 Å². The van der Waals surface area contributed by atoms with Crippen LogP contribution < -0.4 is 4.74 Å². The predicted molar refractivity (Wildman–Crippen MR) is 69.9 cm³/mol. The number of hydrogen-bond acceptors (Lipinski definition) is 3. The Morgan fingerprint density at radius 1 is 1.33 bits per heavy atom. The maximum atomic E-state index is 9.83. The SMILES string of the molecule is Cn1ccc(CC(O)COc2ccc(Cl)cc2)n1. The monoisotopic (exact) mass is 266 g/mol. The lowest BCUT2D eigenvalue weighted by atomic mass is 10.2. The molecule has 18 heavy (non-hydrogen) atoms. The highest BCUT2D eigenvalue weighted by atomic mass is 35.5. The largest absolute Gasteiger partial charge is 0.491 e. The van der Waals surface area contributed by atoms with E-state index in [-0.39, 0.29) is 6.61 Å². The van der Waals surface area contributed by atoms with Crippen molar-refractivity contribution < 1.29 is 9.84 Å². The first-order chi connectivity index (χ1) is 8.63. The highest BCUT2D eigenvalue weighted by Gasteiger charge is 2.08. The van der Waals surface area contributed by atoms with Crippen molar-refractivity contribution in [2.45, 2.75) is 12.5 Å². The first kappa shape index (κ1) is 12.9. The van der Waals surface area contributed by atoms with E-state index in [0.29, 0.717) is 17.2 Å². The van der Waals surface area contributed by atoms with Crippen LogP contribution in [-0.2, 0) is 13.5 Å². The molecule has 1 unspecified atom stereocenters. The number of nitrogens with zero attached hydrogens (tertiary/aromatic N) is 2. The normalized spacial score (nSPS) is 12.4. The summed E-state index contributed by atoms with van der Waals surface area (Å²) in [5.74, 6) is 0.694. The van der Waals surface area contributed by atoms with Crippen molar-refractivity contribution in [3.8, 4) is 5.75 Å². The third kappa shape index (κ3) is 3.75. The number of aliphatic hydroxyl groups is 1. The molecule has 0 saturated heterocycles. The lowest BCUT2D eigenvalue weighted by molar-refractivity contribution is 0.107. The van der Waals surface area contributed by atoms with E-state index < -0.39 is 6.10 Å². The Morgan fingerprint density at radius 3 is 2.67 bits per heavy atom. The number of aliphatic hydroxyl groups excluding tert-OH is 1. The number of ether oxygens (including phenoxy) is 1. The third-order valence-corrected chi connectivity index (χ3v) is 2.72. The Balaban J connectivity index is 1.81. The predicted octanol–water partition coefficient (Wildman–Crippen LogP) is 2.06. The average molecular weight is 267 g/mol. The summed E-state index contributed by atoms with van der Waals surface area (Å²) in [6.45, 7) is 0.234. The fourth-order valence-corrected chi connectivity index (χ4v) is 1.72. The van der Waals surface area contributed by atoms with Crippen LogP contribution in [0.25, 0.3) is 0 Å². The highest BCUT2D eigenvalue weighted by molar-refractivity contribution is 6.30. The molecule has 0 bridgehead atoms. The molecule has 0 amide bonds. The van der Waals surface area contributed by atoms with Gasteiger partial charge in [0.15, 0.2) is 0 Å². The second-order valence-electron chi connectivity index (χ2n) is 4.10. The first-order valence-electron chi connectivity index (χ1n) is 5.68. The summed E-state index contributed by atoms with van der Waals surface area (Å²) < 4.78 is 7.17. The Hall–Kier alpha value is -1.52. The molecule has 2 aromatic rings. The van der Waals surface area contributed by atoms with Crippen LogP contribution >= 0.6 is 11.6 Å². The molecule has 1 atom stereocenters. The standard InChI is InChI=1S/C13H15ClN2O2/c1-16-7-6-11(15-16)8-12(17)9-18-13-4-2-10(14)3-5-13/h2-7,12,17H,8-9H2,1H3. The Morgan fingerprint density at radius 2 is 2.06 bits per heavy atom. The number of benzene rings is 1. The lowest BCUT2D eigenvalue weighted by Crippen LogP contribution is -2.20. The lowest BCUT2D eigenvalue weighted by Gasteiger charge is -2.11. The van der Waals surface area contributed by atoms with E-state index in [9.17, 15) is 5.11 Å². The van der Waals surface area contributed by atoms with Crippen molar-refractivity contribution >= 4 is 11.6 Å².